The lowest BCUT2D eigenvalue weighted by Crippen LogP contribution is -2.23. The smallest absolute Gasteiger partial charge is 0.137 e. The van der Waals surface area contributed by atoms with Crippen LogP contribution in [0.25, 0.3) is 0 Å². The molecule has 0 bridgehead atoms. The monoisotopic (exact) mass is 234 g/mol. The zero-order valence-electron chi connectivity index (χ0n) is 11.2. The summed E-state index contributed by atoms with van der Waals surface area (Å²) < 4.78 is 0. The standard InChI is InChI=1S/C13H22N4/c1-9(2)11-12(14-3)15-8-16-13(11)17(4)7-10-5-6-10/h8-10H,5-7H2,1-4H3,(H,14,15,16). The number of aromatic nitrogens is 2. The maximum atomic E-state index is 4.46. The summed E-state index contributed by atoms with van der Waals surface area (Å²) in [6, 6.07) is 0. The van der Waals surface area contributed by atoms with Crippen LogP contribution in [0.1, 0.15) is 38.2 Å². The second-order valence-electron chi connectivity index (χ2n) is 5.19. The van der Waals surface area contributed by atoms with Gasteiger partial charge < -0.3 is 10.2 Å². The van der Waals surface area contributed by atoms with E-state index in [1.807, 2.05) is 7.05 Å². The molecule has 0 aromatic carbocycles. The zero-order valence-corrected chi connectivity index (χ0v) is 11.2. The average Bonchev–Trinajstić information content (AvgIpc) is 3.11. The summed E-state index contributed by atoms with van der Waals surface area (Å²) in [6.45, 7) is 5.49. The van der Waals surface area contributed by atoms with Gasteiger partial charge in [0.15, 0.2) is 0 Å². The fourth-order valence-electron chi connectivity index (χ4n) is 2.20. The van der Waals surface area contributed by atoms with Crippen molar-refractivity contribution in [1.29, 1.82) is 0 Å². The molecule has 1 aromatic heterocycles. The number of nitrogens with one attached hydrogen (secondary N) is 1. The third kappa shape index (κ3) is 2.68. The van der Waals surface area contributed by atoms with Gasteiger partial charge in [-0.15, -0.1) is 0 Å². The minimum atomic E-state index is 0.426. The van der Waals surface area contributed by atoms with Gasteiger partial charge in [-0.05, 0) is 24.7 Å². The van der Waals surface area contributed by atoms with E-state index in [9.17, 15) is 0 Å². The number of hydrogen-bond donors (Lipinski definition) is 1. The van der Waals surface area contributed by atoms with E-state index in [0.29, 0.717) is 5.92 Å². The van der Waals surface area contributed by atoms with E-state index >= 15 is 0 Å². The van der Waals surface area contributed by atoms with E-state index in [0.717, 1.165) is 24.1 Å². The number of nitrogens with zero attached hydrogens (tertiary/aromatic N) is 3. The van der Waals surface area contributed by atoms with E-state index in [4.69, 9.17) is 0 Å². The van der Waals surface area contributed by atoms with Crippen molar-refractivity contribution in [2.75, 3.05) is 30.9 Å². The Labute approximate surface area is 103 Å². The molecule has 0 radical (unpaired) electrons. The van der Waals surface area contributed by atoms with E-state index < -0.39 is 0 Å². The van der Waals surface area contributed by atoms with Crippen LogP contribution in [0, 0.1) is 5.92 Å². The quantitative estimate of drug-likeness (QED) is 0.850. The molecule has 0 saturated heterocycles. The number of hydrogen-bond acceptors (Lipinski definition) is 4. The molecule has 1 aliphatic rings. The maximum Gasteiger partial charge on any atom is 0.137 e. The summed E-state index contributed by atoms with van der Waals surface area (Å²) in [5.41, 5.74) is 1.22. The van der Waals surface area contributed by atoms with Crippen molar-refractivity contribution in [1.82, 2.24) is 9.97 Å². The molecule has 1 N–H and O–H groups in total. The van der Waals surface area contributed by atoms with Crippen LogP contribution in [0.5, 0.6) is 0 Å². The Hall–Kier alpha value is -1.32. The molecule has 0 atom stereocenters. The van der Waals surface area contributed by atoms with Crippen molar-refractivity contribution in [3.63, 3.8) is 0 Å². The van der Waals surface area contributed by atoms with E-state index in [-0.39, 0.29) is 0 Å². The van der Waals surface area contributed by atoms with Crippen molar-refractivity contribution in [2.45, 2.75) is 32.6 Å². The Morgan fingerprint density at radius 2 is 2.12 bits per heavy atom. The Balaban J connectivity index is 2.29. The lowest BCUT2D eigenvalue weighted by molar-refractivity contribution is 0.755. The van der Waals surface area contributed by atoms with Crippen LogP contribution in [0.2, 0.25) is 0 Å². The second kappa shape index (κ2) is 4.90. The first-order valence-corrected chi connectivity index (χ1v) is 6.37. The van der Waals surface area contributed by atoms with Gasteiger partial charge in [-0.1, -0.05) is 13.8 Å². The molecule has 94 valence electrons. The van der Waals surface area contributed by atoms with Crippen LogP contribution in [0.4, 0.5) is 11.6 Å². The molecule has 0 spiro atoms. The van der Waals surface area contributed by atoms with Gasteiger partial charge in [0.25, 0.3) is 0 Å². The van der Waals surface area contributed by atoms with Gasteiger partial charge in [-0.2, -0.15) is 0 Å². The Bertz CT molecular complexity index is 385. The van der Waals surface area contributed by atoms with E-state index in [2.05, 4.69) is 41.1 Å². The number of anilines is 2. The lowest BCUT2D eigenvalue weighted by atomic mass is 10.0. The highest BCUT2D eigenvalue weighted by molar-refractivity contribution is 5.59. The zero-order chi connectivity index (χ0) is 12.4. The van der Waals surface area contributed by atoms with Crippen molar-refractivity contribution < 1.29 is 0 Å². The average molecular weight is 234 g/mol. The third-order valence-electron chi connectivity index (χ3n) is 3.27. The molecule has 4 heteroatoms. The van der Waals surface area contributed by atoms with Crippen LogP contribution in [-0.2, 0) is 0 Å². The highest BCUT2D eigenvalue weighted by Crippen LogP contribution is 2.34. The Kier molecular flexibility index (Phi) is 3.50. The van der Waals surface area contributed by atoms with Crippen LogP contribution in [-0.4, -0.2) is 30.6 Å². The minimum Gasteiger partial charge on any atom is -0.373 e. The van der Waals surface area contributed by atoms with Gasteiger partial charge in [-0.3, -0.25) is 0 Å². The Morgan fingerprint density at radius 1 is 1.41 bits per heavy atom. The molecular weight excluding hydrogens is 212 g/mol. The second-order valence-corrected chi connectivity index (χ2v) is 5.19. The van der Waals surface area contributed by atoms with Crippen LogP contribution in [0.15, 0.2) is 6.33 Å². The largest absolute Gasteiger partial charge is 0.373 e. The first-order chi connectivity index (χ1) is 8.13. The summed E-state index contributed by atoms with van der Waals surface area (Å²) in [6.07, 6.45) is 4.38. The van der Waals surface area contributed by atoms with Gasteiger partial charge in [0.2, 0.25) is 0 Å². The van der Waals surface area contributed by atoms with Crippen molar-refractivity contribution in [3.05, 3.63) is 11.9 Å². The Morgan fingerprint density at radius 3 is 2.65 bits per heavy atom. The van der Waals surface area contributed by atoms with Gasteiger partial charge in [0.1, 0.15) is 18.0 Å². The first kappa shape index (κ1) is 12.1. The first-order valence-electron chi connectivity index (χ1n) is 6.37. The summed E-state index contributed by atoms with van der Waals surface area (Å²) in [5.74, 6) is 3.32. The molecule has 1 heterocycles. The molecule has 1 aliphatic carbocycles. The molecule has 17 heavy (non-hydrogen) atoms. The molecule has 2 rings (SSSR count). The minimum absolute atomic E-state index is 0.426. The molecular formula is C13H22N4. The molecule has 0 amide bonds. The normalized spacial score (nSPS) is 15.1. The predicted molar refractivity (Wildman–Crippen MR) is 71.7 cm³/mol. The van der Waals surface area contributed by atoms with E-state index in [1.54, 1.807) is 6.33 Å². The SMILES string of the molecule is CNc1ncnc(N(C)CC2CC2)c1C(C)C. The molecule has 0 aliphatic heterocycles. The molecule has 1 fully saturated rings. The molecule has 1 saturated carbocycles. The predicted octanol–water partition coefficient (Wildman–Crippen LogP) is 2.49. The maximum absolute atomic E-state index is 4.46. The summed E-state index contributed by atoms with van der Waals surface area (Å²) in [7, 11) is 4.05. The molecule has 1 aromatic rings. The number of rotatable bonds is 5. The third-order valence-corrected chi connectivity index (χ3v) is 3.27. The van der Waals surface area contributed by atoms with Crippen LogP contribution in [0.3, 0.4) is 0 Å². The van der Waals surface area contributed by atoms with Crippen molar-refractivity contribution in [2.24, 2.45) is 5.92 Å². The van der Waals surface area contributed by atoms with Gasteiger partial charge in [0.05, 0.1) is 0 Å². The fraction of sp³-hybridized carbons (Fsp3) is 0.692. The topological polar surface area (TPSA) is 41.1 Å². The van der Waals surface area contributed by atoms with Crippen molar-refractivity contribution in [3.8, 4) is 0 Å². The van der Waals surface area contributed by atoms with Gasteiger partial charge >= 0.3 is 0 Å². The fourth-order valence-corrected chi connectivity index (χ4v) is 2.20. The van der Waals surface area contributed by atoms with Gasteiger partial charge in [-0.25, -0.2) is 9.97 Å². The van der Waals surface area contributed by atoms with E-state index in [1.165, 1.54) is 18.4 Å². The summed E-state index contributed by atoms with van der Waals surface area (Å²) in [5, 5.41) is 3.16. The lowest BCUT2D eigenvalue weighted by Gasteiger charge is -2.23. The summed E-state index contributed by atoms with van der Waals surface area (Å²) in [4.78, 5) is 11.0. The van der Waals surface area contributed by atoms with Crippen molar-refractivity contribution >= 4 is 11.6 Å². The molecule has 0 unspecified atom stereocenters. The van der Waals surface area contributed by atoms with Crippen LogP contribution >= 0.6 is 0 Å². The highest BCUT2D eigenvalue weighted by atomic mass is 15.2. The highest BCUT2D eigenvalue weighted by Gasteiger charge is 2.25. The molecule has 4 nitrogen and oxygen atoms in total. The van der Waals surface area contributed by atoms with Crippen LogP contribution < -0.4 is 10.2 Å². The summed E-state index contributed by atoms with van der Waals surface area (Å²) >= 11 is 0. The van der Waals surface area contributed by atoms with Gasteiger partial charge in [0, 0.05) is 26.2 Å².